The second kappa shape index (κ2) is 12.8. The van der Waals surface area contributed by atoms with E-state index in [9.17, 15) is 18.0 Å². The van der Waals surface area contributed by atoms with Crippen molar-refractivity contribution in [2.75, 3.05) is 25.0 Å². The summed E-state index contributed by atoms with van der Waals surface area (Å²) < 4.78 is 33.8. The fourth-order valence-corrected chi connectivity index (χ4v) is 5.53. The summed E-state index contributed by atoms with van der Waals surface area (Å²) in [5.41, 5.74) is 2.04. The number of methoxy groups -OCH3 is 1. The van der Waals surface area contributed by atoms with Gasteiger partial charge in [-0.25, -0.2) is 8.42 Å². The largest absolute Gasteiger partial charge is 0.497 e. The molecule has 2 amide bonds. The van der Waals surface area contributed by atoms with Crippen LogP contribution in [0, 0.1) is 6.92 Å². The van der Waals surface area contributed by atoms with Crippen LogP contribution in [0.5, 0.6) is 5.75 Å². The Hall–Kier alpha value is -3.56. The van der Waals surface area contributed by atoms with Crippen LogP contribution < -0.4 is 14.4 Å². The highest BCUT2D eigenvalue weighted by Crippen LogP contribution is 2.26. The Morgan fingerprint density at radius 3 is 2.11 bits per heavy atom. The van der Waals surface area contributed by atoms with Gasteiger partial charge in [-0.2, -0.15) is 0 Å². The predicted octanol–water partition coefficient (Wildman–Crippen LogP) is 4.41. The van der Waals surface area contributed by atoms with E-state index in [-0.39, 0.29) is 17.3 Å². The first kappa shape index (κ1) is 29.0. The lowest BCUT2D eigenvalue weighted by molar-refractivity contribution is -0.140. The second-order valence-corrected chi connectivity index (χ2v) is 11.0. The van der Waals surface area contributed by atoms with Crippen LogP contribution in [0.4, 0.5) is 5.69 Å². The van der Waals surface area contributed by atoms with Crippen LogP contribution in [0.3, 0.4) is 0 Å². The van der Waals surface area contributed by atoms with Gasteiger partial charge in [0.05, 0.1) is 17.7 Å². The van der Waals surface area contributed by atoms with E-state index in [0.717, 1.165) is 15.4 Å². The maximum atomic E-state index is 13.9. The number of halogens is 1. The van der Waals surface area contributed by atoms with Crippen molar-refractivity contribution in [3.63, 3.8) is 0 Å². The lowest BCUT2D eigenvalue weighted by atomic mass is 10.1. The van der Waals surface area contributed by atoms with Gasteiger partial charge in [0, 0.05) is 18.6 Å². The van der Waals surface area contributed by atoms with Gasteiger partial charge in [-0.15, -0.1) is 0 Å². The first-order valence-corrected chi connectivity index (χ1v) is 13.9. The van der Waals surface area contributed by atoms with E-state index < -0.39 is 28.5 Å². The number of hydrogen-bond donors (Lipinski definition) is 1. The summed E-state index contributed by atoms with van der Waals surface area (Å²) in [6, 6.07) is 19.0. The minimum absolute atomic E-state index is 0.00433. The normalized spacial score (nSPS) is 11.9. The third-order valence-electron chi connectivity index (χ3n) is 6.15. The number of ether oxygens (including phenoxy) is 1. The minimum atomic E-state index is -4.14. The zero-order valence-corrected chi connectivity index (χ0v) is 23.4. The SMILES string of the molecule is CC[C@@H](C(=O)NC)N(Cc1ccc(OC)cc1)C(=O)CN(c1ccc(C)cc1)S(=O)(=O)c1ccc(Cl)cc1. The van der Waals surface area contributed by atoms with E-state index in [2.05, 4.69) is 5.32 Å². The van der Waals surface area contributed by atoms with Gasteiger partial charge in [-0.1, -0.05) is 48.4 Å². The Bertz CT molecular complexity index is 1340. The maximum Gasteiger partial charge on any atom is 0.264 e. The highest BCUT2D eigenvalue weighted by molar-refractivity contribution is 7.92. The van der Waals surface area contributed by atoms with Crippen molar-refractivity contribution < 1.29 is 22.7 Å². The van der Waals surface area contributed by atoms with Crippen molar-refractivity contribution in [1.82, 2.24) is 10.2 Å². The maximum absolute atomic E-state index is 13.9. The van der Waals surface area contributed by atoms with E-state index in [1.807, 2.05) is 6.92 Å². The number of anilines is 1. The van der Waals surface area contributed by atoms with Crippen LogP contribution >= 0.6 is 11.6 Å². The molecule has 1 atom stereocenters. The molecule has 38 heavy (non-hydrogen) atoms. The van der Waals surface area contributed by atoms with Gasteiger partial charge in [0.25, 0.3) is 10.0 Å². The third-order valence-corrected chi connectivity index (χ3v) is 8.19. The fourth-order valence-electron chi connectivity index (χ4n) is 3.99. The van der Waals surface area contributed by atoms with E-state index >= 15 is 0 Å². The van der Waals surface area contributed by atoms with Crippen molar-refractivity contribution in [3.8, 4) is 5.75 Å². The van der Waals surface area contributed by atoms with Gasteiger partial charge in [0.1, 0.15) is 18.3 Å². The molecule has 0 aromatic heterocycles. The van der Waals surface area contributed by atoms with E-state index in [4.69, 9.17) is 16.3 Å². The van der Waals surface area contributed by atoms with Crippen molar-refractivity contribution in [2.24, 2.45) is 0 Å². The summed E-state index contributed by atoms with van der Waals surface area (Å²) in [5, 5.41) is 3.00. The van der Waals surface area contributed by atoms with E-state index in [1.165, 1.54) is 36.2 Å². The van der Waals surface area contributed by atoms with Crippen LogP contribution in [-0.2, 0) is 26.2 Å². The molecule has 0 spiro atoms. The van der Waals surface area contributed by atoms with Crippen LogP contribution in [-0.4, -0.2) is 51.9 Å². The topological polar surface area (TPSA) is 96.0 Å². The quantitative estimate of drug-likeness (QED) is 0.377. The van der Waals surface area contributed by atoms with Gasteiger partial charge in [-0.05, 0) is 67.4 Å². The molecular weight excluding hydrogens is 526 g/mol. The number of likely N-dealkylation sites (N-methyl/N-ethyl adjacent to an activating group) is 1. The molecule has 0 heterocycles. The van der Waals surface area contributed by atoms with Crippen LogP contribution in [0.15, 0.2) is 77.7 Å². The zero-order chi connectivity index (χ0) is 27.9. The summed E-state index contributed by atoms with van der Waals surface area (Å²) in [6.07, 6.45) is 0.343. The molecule has 3 aromatic carbocycles. The second-order valence-electron chi connectivity index (χ2n) is 8.71. The lowest BCUT2D eigenvalue weighted by Crippen LogP contribution is -2.51. The Morgan fingerprint density at radius 2 is 1.58 bits per heavy atom. The molecule has 10 heteroatoms. The summed E-state index contributed by atoms with van der Waals surface area (Å²) in [6.45, 7) is 3.30. The Labute approximate surface area is 229 Å². The number of sulfonamides is 1. The van der Waals surface area contributed by atoms with E-state index in [1.54, 1.807) is 62.6 Å². The zero-order valence-electron chi connectivity index (χ0n) is 21.8. The number of nitrogens with zero attached hydrogens (tertiary/aromatic N) is 2. The van der Waals surface area contributed by atoms with Gasteiger partial charge in [-0.3, -0.25) is 13.9 Å². The number of aryl methyl sites for hydroxylation is 1. The predicted molar refractivity (Wildman–Crippen MR) is 149 cm³/mol. The molecule has 0 aliphatic heterocycles. The molecule has 8 nitrogen and oxygen atoms in total. The molecule has 0 saturated heterocycles. The molecule has 0 saturated carbocycles. The van der Waals surface area contributed by atoms with Crippen LogP contribution in [0.25, 0.3) is 0 Å². The van der Waals surface area contributed by atoms with Crippen molar-refractivity contribution in [2.45, 2.75) is 37.8 Å². The number of rotatable bonds is 11. The highest BCUT2D eigenvalue weighted by atomic mass is 35.5. The average Bonchev–Trinajstić information content (AvgIpc) is 2.92. The summed E-state index contributed by atoms with van der Waals surface area (Å²) in [4.78, 5) is 28.0. The van der Waals surface area contributed by atoms with Crippen LogP contribution in [0.2, 0.25) is 5.02 Å². The molecule has 0 bridgehead atoms. The number of nitrogens with one attached hydrogen (secondary N) is 1. The molecule has 0 unspecified atom stereocenters. The lowest BCUT2D eigenvalue weighted by Gasteiger charge is -2.33. The Balaban J connectivity index is 2.03. The Kier molecular flexibility index (Phi) is 9.77. The smallest absolute Gasteiger partial charge is 0.264 e. The van der Waals surface area contributed by atoms with E-state index in [0.29, 0.717) is 22.9 Å². The molecule has 1 N–H and O–H groups in total. The molecule has 3 rings (SSSR count). The third kappa shape index (κ3) is 6.85. The number of carbonyl (C=O) groups excluding carboxylic acids is 2. The molecule has 0 fully saturated rings. The standard InChI is InChI=1S/C28H32ClN3O5S/c1-5-26(28(34)30-3)31(18-21-8-14-24(37-4)15-9-21)27(33)19-32(23-12-6-20(2)7-13-23)38(35,36)25-16-10-22(29)11-17-25/h6-17,26H,5,18-19H2,1-4H3,(H,30,34)/t26-/m0/s1. The first-order valence-electron chi connectivity index (χ1n) is 12.1. The van der Waals surface area contributed by atoms with Gasteiger partial charge >= 0.3 is 0 Å². The summed E-state index contributed by atoms with van der Waals surface area (Å²) in [5.74, 6) is -0.198. The number of hydrogen-bond acceptors (Lipinski definition) is 5. The average molecular weight is 558 g/mol. The van der Waals surface area contributed by atoms with Crippen LogP contribution in [0.1, 0.15) is 24.5 Å². The van der Waals surface area contributed by atoms with Gasteiger partial charge in [0.2, 0.25) is 11.8 Å². The highest BCUT2D eigenvalue weighted by Gasteiger charge is 2.33. The van der Waals surface area contributed by atoms with Gasteiger partial charge in [0.15, 0.2) is 0 Å². The van der Waals surface area contributed by atoms with Gasteiger partial charge < -0.3 is 15.0 Å². The van der Waals surface area contributed by atoms with Crippen molar-refractivity contribution in [3.05, 3.63) is 88.9 Å². The molecule has 0 aliphatic rings. The molecule has 3 aromatic rings. The summed E-state index contributed by atoms with van der Waals surface area (Å²) >= 11 is 5.98. The first-order chi connectivity index (χ1) is 18.1. The summed E-state index contributed by atoms with van der Waals surface area (Å²) in [7, 11) is -1.08. The Morgan fingerprint density at radius 1 is 0.974 bits per heavy atom. The minimum Gasteiger partial charge on any atom is -0.497 e. The molecule has 202 valence electrons. The van der Waals surface area contributed by atoms with Crippen molar-refractivity contribution >= 4 is 39.1 Å². The number of amides is 2. The fraction of sp³-hybridized carbons (Fsp3) is 0.286. The molecular formula is C28H32ClN3O5S. The molecule has 0 aliphatic carbocycles. The van der Waals surface area contributed by atoms with Crippen molar-refractivity contribution in [1.29, 1.82) is 0 Å². The number of benzene rings is 3. The monoisotopic (exact) mass is 557 g/mol. The number of carbonyl (C=O) groups is 2. The molecule has 0 radical (unpaired) electrons.